The zero-order valence-corrected chi connectivity index (χ0v) is 20.6. The zero-order chi connectivity index (χ0) is 22.8. The first-order valence-electron chi connectivity index (χ1n) is 10.9. The zero-order valence-electron chi connectivity index (χ0n) is 18.9. The fourth-order valence-corrected chi connectivity index (χ4v) is 5.71. The second-order valence-corrected chi connectivity index (χ2v) is 10.3. The van der Waals surface area contributed by atoms with Gasteiger partial charge in [-0.1, -0.05) is 49.9 Å². The fraction of sp³-hybridized carbons (Fsp3) is 0.360. The maximum atomic E-state index is 13.7. The SMILES string of the molecule is CSc1cccc(N2C(=O)CSc3c(c4ccccc4n3C)[C@H]2C(=O)NCCC(C)C)c1. The molecule has 1 aliphatic heterocycles. The predicted octanol–water partition coefficient (Wildman–Crippen LogP) is 5.24. The molecule has 0 fully saturated rings. The maximum Gasteiger partial charge on any atom is 0.247 e. The molecule has 1 atom stereocenters. The first-order valence-corrected chi connectivity index (χ1v) is 13.1. The van der Waals surface area contributed by atoms with Gasteiger partial charge in [0.1, 0.15) is 6.04 Å². The first kappa shape index (κ1) is 22.8. The van der Waals surface area contributed by atoms with Crippen molar-refractivity contribution in [3.05, 3.63) is 54.1 Å². The third kappa shape index (κ3) is 4.28. The van der Waals surface area contributed by atoms with Crippen LogP contribution >= 0.6 is 23.5 Å². The van der Waals surface area contributed by atoms with Crippen molar-refractivity contribution >= 4 is 51.9 Å². The van der Waals surface area contributed by atoms with E-state index in [-0.39, 0.29) is 17.6 Å². The monoisotopic (exact) mass is 467 g/mol. The molecule has 4 rings (SSSR count). The van der Waals surface area contributed by atoms with Crippen LogP contribution in [0.5, 0.6) is 0 Å². The largest absolute Gasteiger partial charge is 0.354 e. The molecule has 0 spiro atoms. The molecule has 2 aromatic carbocycles. The Morgan fingerprint density at radius 1 is 1.22 bits per heavy atom. The molecule has 0 unspecified atom stereocenters. The molecule has 0 aliphatic carbocycles. The highest BCUT2D eigenvalue weighted by molar-refractivity contribution is 8.00. The number of hydrogen-bond acceptors (Lipinski definition) is 4. The van der Waals surface area contributed by atoms with Crippen LogP contribution in [0.3, 0.4) is 0 Å². The smallest absolute Gasteiger partial charge is 0.247 e. The van der Waals surface area contributed by atoms with Gasteiger partial charge in [0.15, 0.2) is 0 Å². The number of para-hydroxylation sites is 1. The van der Waals surface area contributed by atoms with Crippen LogP contribution in [-0.4, -0.2) is 34.9 Å². The van der Waals surface area contributed by atoms with Crippen molar-refractivity contribution in [2.75, 3.05) is 23.5 Å². The van der Waals surface area contributed by atoms with E-state index >= 15 is 0 Å². The molecule has 2 amide bonds. The number of carbonyl (C=O) groups is 2. The van der Waals surface area contributed by atoms with Crippen molar-refractivity contribution in [1.29, 1.82) is 0 Å². The van der Waals surface area contributed by atoms with E-state index in [0.717, 1.165) is 38.5 Å². The van der Waals surface area contributed by atoms with Gasteiger partial charge in [-0.05, 0) is 42.9 Å². The lowest BCUT2D eigenvalue weighted by Crippen LogP contribution is -2.44. The number of nitrogens with zero attached hydrogens (tertiary/aromatic N) is 2. The normalized spacial score (nSPS) is 16.3. The minimum Gasteiger partial charge on any atom is -0.354 e. The topological polar surface area (TPSA) is 54.3 Å². The molecule has 32 heavy (non-hydrogen) atoms. The summed E-state index contributed by atoms with van der Waals surface area (Å²) in [6.45, 7) is 4.87. The van der Waals surface area contributed by atoms with Crippen molar-refractivity contribution in [3.8, 4) is 0 Å². The minimum atomic E-state index is -0.720. The fourth-order valence-electron chi connectivity index (χ4n) is 4.19. The highest BCUT2D eigenvalue weighted by Gasteiger charge is 2.39. The Bertz CT molecular complexity index is 1160. The van der Waals surface area contributed by atoms with Crippen molar-refractivity contribution in [1.82, 2.24) is 9.88 Å². The lowest BCUT2D eigenvalue weighted by Gasteiger charge is -2.30. The Kier molecular flexibility index (Phi) is 6.86. The molecule has 168 valence electrons. The average molecular weight is 468 g/mol. The Balaban J connectivity index is 1.88. The number of thioether (sulfide) groups is 2. The highest BCUT2D eigenvalue weighted by Crippen LogP contribution is 2.43. The van der Waals surface area contributed by atoms with Gasteiger partial charge in [0.25, 0.3) is 0 Å². The van der Waals surface area contributed by atoms with E-state index in [1.807, 2.05) is 49.7 Å². The van der Waals surface area contributed by atoms with Gasteiger partial charge in [-0.3, -0.25) is 14.5 Å². The summed E-state index contributed by atoms with van der Waals surface area (Å²) in [5.41, 5.74) is 2.74. The molecular formula is C25H29N3O2S2. The van der Waals surface area contributed by atoms with Crippen LogP contribution in [0, 0.1) is 5.92 Å². The second-order valence-electron chi connectivity index (χ2n) is 8.42. The van der Waals surface area contributed by atoms with Crippen molar-refractivity contribution in [3.63, 3.8) is 0 Å². The van der Waals surface area contributed by atoms with Gasteiger partial charge in [0, 0.05) is 40.6 Å². The van der Waals surface area contributed by atoms with E-state index in [1.54, 1.807) is 16.7 Å². The minimum absolute atomic E-state index is 0.0578. The van der Waals surface area contributed by atoms with Gasteiger partial charge in [-0.25, -0.2) is 0 Å². The van der Waals surface area contributed by atoms with E-state index < -0.39 is 6.04 Å². The summed E-state index contributed by atoms with van der Waals surface area (Å²) < 4.78 is 2.11. The van der Waals surface area contributed by atoms with E-state index in [9.17, 15) is 9.59 Å². The third-order valence-corrected chi connectivity index (χ3v) is 7.71. The number of anilines is 1. The summed E-state index contributed by atoms with van der Waals surface area (Å²) in [6, 6.07) is 15.3. The van der Waals surface area contributed by atoms with Gasteiger partial charge in [0.05, 0.1) is 10.8 Å². The number of aryl methyl sites for hydroxylation is 1. The Morgan fingerprint density at radius 3 is 2.75 bits per heavy atom. The quantitative estimate of drug-likeness (QED) is 0.504. The van der Waals surface area contributed by atoms with Crippen LogP contribution in [0.4, 0.5) is 5.69 Å². The maximum absolute atomic E-state index is 13.7. The number of carbonyl (C=O) groups excluding carboxylic acids is 2. The van der Waals surface area contributed by atoms with E-state index in [0.29, 0.717) is 12.5 Å². The standard InChI is InChI=1S/C25H29N3O2S2/c1-16(2)12-13-26-24(30)23-22-19-10-5-6-11-20(19)27(3)25(22)32-15-21(29)28(23)17-8-7-9-18(14-17)31-4/h5-11,14,16,23H,12-13,15H2,1-4H3,(H,26,30)/t23-/m0/s1. The van der Waals surface area contributed by atoms with Crippen molar-refractivity contribution in [2.24, 2.45) is 13.0 Å². The number of hydrogen-bond donors (Lipinski definition) is 1. The molecule has 5 nitrogen and oxygen atoms in total. The summed E-state index contributed by atoms with van der Waals surface area (Å²) in [6.07, 6.45) is 2.91. The van der Waals surface area contributed by atoms with Crippen molar-refractivity contribution in [2.45, 2.75) is 36.2 Å². The second kappa shape index (κ2) is 9.63. The van der Waals surface area contributed by atoms with E-state index in [1.165, 1.54) is 11.8 Å². The van der Waals surface area contributed by atoms with E-state index in [4.69, 9.17) is 0 Å². The molecule has 0 bridgehead atoms. The molecule has 1 N–H and O–H groups in total. The van der Waals surface area contributed by atoms with Gasteiger partial charge >= 0.3 is 0 Å². The van der Waals surface area contributed by atoms with Crippen LogP contribution in [0.15, 0.2) is 58.5 Å². The number of benzene rings is 2. The first-order chi connectivity index (χ1) is 15.4. The summed E-state index contributed by atoms with van der Waals surface area (Å²) >= 11 is 3.14. The summed E-state index contributed by atoms with van der Waals surface area (Å²) in [4.78, 5) is 29.9. The molecule has 0 saturated heterocycles. The Morgan fingerprint density at radius 2 is 2.00 bits per heavy atom. The van der Waals surface area contributed by atoms with Crippen LogP contribution in [0.2, 0.25) is 0 Å². The van der Waals surface area contributed by atoms with Gasteiger partial charge in [-0.15, -0.1) is 11.8 Å². The molecule has 3 aromatic rings. The highest BCUT2D eigenvalue weighted by atomic mass is 32.2. The molecular weight excluding hydrogens is 438 g/mol. The van der Waals surface area contributed by atoms with Gasteiger partial charge in [-0.2, -0.15) is 0 Å². The summed E-state index contributed by atoms with van der Waals surface area (Å²) in [7, 11) is 2.01. The van der Waals surface area contributed by atoms with Gasteiger partial charge < -0.3 is 9.88 Å². The molecule has 1 aliphatic rings. The lowest BCUT2D eigenvalue weighted by molar-refractivity contribution is -0.125. The number of rotatable bonds is 6. The number of amides is 2. The molecule has 7 heteroatoms. The lowest BCUT2D eigenvalue weighted by atomic mass is 10.0. The van der Waals surface area contributed by atoms with Crippen molar-refractivity contribution < 1.29 is 9.59 Å². The Hall–Kier alpha value is -2.38. The average Bonchev–Trinajstić information content (AvgIpc) is 2.96. The van der Waals surface area contributed by atoms with Crippen LogP contribution in [0.25, 0.3) is 10.9 Å². The summed E-state index contributed by atoms with van der Waals surface area (Å²) in [5, 5.41) is 5.11. The van der Waals surface area contributed by atoms with Crippen LogP contribution in [-0.2, 0) is 16.6 Å². The molecule has 2 heterocycles. The van der Waals surface area contributed by atoms with Crippen LogP contribution in [0.1, 0.15) is 31.9 Å². The number of nitrogens with one attached hydrogen (secondary N) is 1. The predicted molar refractivity (Wildman–Crippen MR) is 135 cm³/mol. The number of fused-ring (bicyclic) bond motifs is 3. The van der Waals surface area contributed by atoms with Crippen LogP contribution < -0.4 is 10.2 Å². The third-order valence-electron chi connectivity index (χ3n) is 5.82. The summed E-state index contributed by atoms with van der Waals surface area (Å²) in [5.74, 6) is 0.589. The Labute approximate surface area is 197 Å². The van der Waals surface area contributed by atoms with Gasteiger partial charge in [0.2, 0.25) is 11.8 Å². The van der Waals surface area contributed by atoms with E-state index in [2.05, 4.69) is 35.9 Å². The molecule has 0 radical (unpaired) electrons. The molecule has 0 saturated carbocycles. The number of aromatic nitrogens is 1. The molecule has 1 aromatic heterocycles.